The van der Waals surface area contributed by atoms with Crippen molar-refractivity contribution in [3.63, 3.8) is 0 Å². The molecule has 3 rings (SSSR count). The van der Waals surface area contributed by atoms with Crippen molar-refractivity contribution in [2.75, 3.05) is 18.0 Å². The molecule has 1 heterocycles. The molecular formula is C14H18N2O2. The summed E-state index contributed by atoms with van der Waals surface area (Å²) >= 11 is 0. The minimum Gasteiger partial charge on any atom is -0.477 e. The standard InChI is InChI=1S/C14H18N2O2/c17-14(18)13-7-12(5-6-15-13)16(8-10-1-2-10)9-11-3-4-11/h5-7,10-11H,1-4,8-9H2,(H,17,18). The van der Waals surface area contributed by atoms with Crippen LogP contribution in [0.4, 0.5) is 5.69 Å². The molecule has 0 bridgehead atoms. The zero-order valence-electron chi connectivity index (χ0n) is 10.4. The Labute approximate surface area is 107 Å². The van der Waals surface area contributed by atoms with Crippen molar-refractivity contribution in [3.8, 4) is 0 Å². The van der Waals surface area contributed by atoms with Crippen molar-refractivity contribution in [2.45, 2.75) is 25.7 Å². The number of hydrogen-bond donors (Lipinski definition) is 1. The van der Waals surface area contributed by atoms with Gasteiger partial charge in [-0.05, 0) is 49.7 Å². The van der Waals surface area contributed by atoms with E-state index in [1.807, 2.05) is 6.07 Å². The van der Waals surface area contributed by atoms with Crippen molar-refractivity contribution in [3.05, 3.63) is 24.0 Å². The van der Waals surface area contributed by atoms with Gasteiger partial charge in [0.25, 0.3) is 0 Å². The number of carboxylic acid groups (broad SMARTS) is 1. The fourth-order valence-corrected chi connectivity index (χ4v) is 2.24. The quantitative estimate of drug-likeness (QED) is 0.837. The third-order valence-electron chi connectivity index (χ3n) is 3.68. The molecule has 2 fully saturated rings. The highest BCUT2D eigenvalue weighted by Crippen LogP contribution is 2.35. The summed E-state index contributed by atoms with van der Waals surface area (Å²) < 4.78 is 0. The SMILES string of the molecule is O=C(O)c1cc(N(CC2CC2)CC2CC2)ccn1. The number of hydrogen-bond acceptors (Lipinski definition) is 3. The van der Waals surface area contributed by atoms with E-state index < -0.39 is 5.97 Å². The first-order valence-electron chi connectivity index (χ1n) is 6.66. The van der Waals surface area contributed by atoms with Crippen LogP contribution in [0.1, 0.15) is 36.2 Å². The molecule has 2 aliphatic rings. The van der Waals surface area contributed by atoms with Crippen LogP contribution in [0.25, 0.3) is 0 Å². The lowest BCUT2D eigenvalue weighted by atomic mass is 10.2. The molecule has 2 saturated carbocycles. The first-order valence-corrected chi connectivity index (χ1v) is 6.66. The number of nitrogens with zero attached hydrogens (tertiary/aromatic N) is 2. The Balaban J connectivity index is 1.77. The molecule has 4 nitrogen and oxygen atoms in total. The van der Waals surface area contributed by atoms with E-state index >= 15 is 0 Å². The molecule has 0 saturated heterocycles. The number of carboxylic acids is 1. The monoisotopic (exact) mass is 246 g/mol. The van der Waals surface area contributed by atoms with Crippen LogP contribution in [0.5, 0.6) is 0 Å². The molecule has 0 aromatic carbocycles. The van der Waals surface area contributed by atoms with Gasteiger partial charge in [-0.1, -0.05) is 0 Å². The molecule has 0 amide bonds. The van der Waals surface area contributed by atoms with Gasteiger partial charge in [0, 0.05) is 25.0 Å². The van der Waals surface area contributed by atoms with Crippen molar-refractivity contribution < 1.29 is 9.90 Å². The van der Waals surface area contributed by atoms with Gasteiger partial charge in [-0.2, -0.15) is 0 Å². The van der Waals surface area contributed by atoms with E-state index in [9.17, 15) is 4.79 Å². The van der Waals surface area contributed by atoms with Crippen LogP contribution in [0.3, 0.4) is 0 Å². The summed E-state index contributed by atoms with van der Waals surface area (Å²) in [6, 6.07) is 3.63. The van der Waals surface area contributed by atoms with Gasteiger partial charge in [-0.3, -0.25) is 0 Å². The number of aromatic nitrogens is 1. The van der Waals surface area contributed by atoms with E-state index in [1.54, 1.807) is 12.3 Å². The van der Waals surface area contributed by atoms with E-state index in [4.69, 9.17) is 5.11 Å². The van der Waals surface area contributed by atoms with E-state index in [-0.39, 0.29) is 5.69 Å². The molecule has 18 heavy (non-hydrogen) atoms. The van der Waals surface area contributed by atoms with Gasteiger partial charge in [0.05, 0.1) is 0 Å². The predicted molar refractivity (Wildman–Crippen MR) is 68.9 cm³/mol. The Kier molecular flexibility index (Phi) is 2.94. The molecule has 4 heteroatoms. The molecule has 1 aromatic heterocycles. The topological polar surface area (TPSA) is 53.4 Å². The summed E-state index contributed by atoms with van der Waals surface area (Å²) in [5.41, 5.74) is 1.16. The van der Waals surface area contributed by atoms with Crippen LogP contribution in [0.2, 0.25) is 0 Å². The van der Waals surface area contributed by atoms with Gasteiger partial charge in [0.1, 0.15) is 5.69 Å². The van der Waals surface area contributed by atoms with Gasteiger partial charge in [-0.15, -0.1) is 0 Å². The van der Waals surface area contributed by atoms with Crippen LogP contribution < -0.4 is 4.90 Å². The number of anilines is 1. The summed E-state index contributed by atoms with van der Waals surface area (Å²) in [6.07, 6.45) is 6.87. The second-order valence-corrected chi connectivity index (χ2v) is 5.50. The van der Waals surface area contributed by atoms with Crippen LogP contribution in [-0.2, 0) is 0 Å². The molecule has 2 aliphatic carbocycles. The zero-order valence-corrected chi connectivity index (χ0v) is 10.4. The van der Waals surface area contributed by atoms with Gasteiger partial charge in [0.15, 0.2) is 0 Å². The maximum Gasteiger partial charge on any atom is 0.354 e. The molecule has 1 N–H and O–H groups in total. The van der Waals surface area contributed by atoms with Crippen LogP contribution in [-0.4, -0.2) is 29.1 Å². The minimum atomic E-state index is -0.949. The summed E-state index contributed by atoms with van der Waals surface area (Å²) in [5, 5.41) is 9.00. The molecule has 0 aliphatic heterocycles. The van der Waals surface area contributed by atoms with E-state index in [0.717, 1.165) is 30.6 Å². The van der Waals surface area contributed by atoms with Gasteiger partial charge in [0.2, 0.25) is 0 Å². The van der Waals surface area contributed by atoms with Gasteiger partial charge in [-0.25, -0.2) is 9.78 Å². The molecule has 0 atom stereocenters. The fourth-order valence-electron chi connectivity index (χ4n) is 2.24. The summed E-state index contributed by atoms with van der Waals surface area (Å²) in [4.78, 5) is 17.2. The lowest BCUT2D eigenvalue weighted by molar-refractivity contribution is 0.0690. The number of carbonyl (C=O) groups is 1. The number of aromatic carboxylic acids is 1. The summed E-state index contributed by atoms with van der Waals surface area (Å²) in [7, 11) is 0. The highest BCUT2D eigenvalue weighted by molar-refractivity contribution is 5.86. The Morgan fingerprint density at radius 2 is 1.89 bits per heavy atom. The first kappa shape index (κ1) is 11.5. The Morgan fingerprint density at radius 3 is 2.39 bits per heavy atom. The first-order chi connectivity index (χ1) is 8.72. The van der Waals surface area contributed by atoms with Crippen LogP contribution in [0.15, 0.2) is 18.3 Å². The molecule has 96 valence electrons. The van der Waals surface area contributed by atoms with Crippen LogP contribution in [0, 0.1) is 11.8 Å². The predicted octanol–water partition coefficient (Wildman–Crippen LogP) is 2.41. The van der Waals surface area contributed by atoms with Crippen LogP contribution >= 0.6 is 0 Å². The van der Waals surface area contributed by atoms with Crippen molar-refractivity contribution in [1.82, 2.24) is 4.98 Å². The molecule has 1 aromatic rings. The second kappa shape index (κ2) is 4.59. The smallest absolute Gasteiger partial charge is 0.354 e. The van der Waals surface area contributed by atoms with E-state index in [2.05, 4.69) is 9.88 Å². The Morgan fingerprint density at radius 1 is 1.28 bits per heavy atom. The fraction of sp³-hybridized carbons (Fsp3) is 0.571. The van der Waals surface area contributed by atoms with E-state index in [1.165, 1.54) is 25.7 Å². The number of rotatable bonds is 6. The summed E-state index contributed by atoms with van der Waals surface area (Å²) in [5.74, 6) is 0.671. The molecule has 0 radical (unpaired) electrons. The second-order valence-electron chi connectivity index (χ2n) is 5.50. The largest absolute Gasteiger partial charge is 0.477 e. The lowest BCUT2D eigenvalue weighted by Crippen LogP contribution is -2.28. The Hall–Kier alpha value is -1.58. The minimum absolute atomic E-state index is 0.143. The molecule has 0 unspecified atom stereocenters. The van der Waals surface area contributed by atoms with Gasteiger partial charge >= 0.3 is 5.97 Å². The van der Waals surface area contributed by atoms with Crippen molar-refractivity contribution >= 4 is 11.7 Å². The molecule has 0 spiro atoms. The normalized spacial score (nSPS) is 18.7. The zero-order chi connectivity index (χ0) is 12.5. The highest BCUT2D eigenvalue weighted by Gasteiger charge is 2.29. The molecular weight excluding hydrogens is 228 g/mol. The highest BCUT2D eigenvalue weighted by atomic mass is 16.4. The number of pyridine rings is 1. The third kappa shape index (κ3) is 2.81. The average Bonchev–Trinajstić information content (AvgIpc) is 3.23. The van der Waals surface area contributed by atoms with Crippen molar-refractivity contribution in [1.29, 1.82) is 0 Å². The Bertz CT molecular complexity index is 439. The lowest BCUT2D eigenvalue weighted by Gasteiger charge is -2.25. The third-order valence-corrected chi connectivity index (χ3v) is 3.68. The summed E-state index contributed by atoms with van der Waals surface area (Å²) in [6.45, 7) is 2.14. The maximum atomic E-state index is 11.0. The maximum absolute atomic E-state index is 11.0. The van der Waals surface area contributed by atoms with Crippen molar-refractivity contribution in [2.24, 2.45) is 11.8 Å². The van der Waals surface area contributed by atoms with E-state index in [0.29, 0.717) is 0 Å². The average molecular weight is 246 g/mol. The van der Waals surface area contributed by atoms with Gasteiger partial charge < -0.3 is 10.0 Å².